The number of aromatic nitrogens is 1. The van der Waals surface area contributed by atoms with Crippen molar-refractivity contribution in [3.8, 4) is 5.75 Å². The van der Waals surface area contributed by atoms with Crippen molar-refractivity contribution in [3.05, 3.63) is 183 Å². The summed E-state index contributed by atoms with van der Waals surface area (Å²) < 4.78 is 5.97. The Bertz CT molecular complexity index is 2510. The molecule has 2 aliphatic rings. The molecular formula is C52H55N3O7. The number of rotatable bonds is 14. The number of hydrogen-bond donors (Lipinski definition) is 4. The molecule has 0 radical (unpaired) electrons. The summed E-state index contributed by atoms with van der Waals surface area (Å²) in [5.41, 5.74) is 3.61. The lowest BCUT2D eigenvalue weighted by Gasteiger charge is -2.34. The van der Waals surface area contributed by atoms with Crippen LogP contribution in [0.5, 0.6) is 5.75 Å². The Kier molecular flexibility index (Phi) is 13.3. The van der Waals surface area contributed by atoms with Crippen molar-refractivity contribution < 1.29 is 29.6 Å². The van der Waals surface area contributed by atoms with E-state index in [1.807, 2.05) is 71.6 Å². The van der Waals surface area contributed by atoms with Gasteiger partial charge in [0.25, 0.3) is 5.91 Å². The largest absolute Gasteiger partial charge is 0.506 e. The summed E-state index contributed by atoms with van der Waals surface area (Å²) in [5.74, 6) is -0.346. The second-order valence-corrected chi connectivity index (χ2v) is 17.0. The number of fused-ring (bicyclic) bond motifs is 1. The van der Waals surface area contributed by atoms with Crippen LogP contribution in [0, 0.1) is 5.92 Å². The molecule has 4 N–H and O–H groups in total. The van der Waals surface area contributed by atoms with Gasteiger partial charge in [0.15, 0.2) is 0 Å². The number of likely N-dealkylation sites (tertiary alicyclic amines) is 2. The molecule has 0 saturated carbocycles. The molecule has 0 unspecified atom stereocenters. The van der Waals surface area contributed by atoms with Crippen molar-refractivity contribution in [1.82, 2.24) is 14.8 Å². The van der Waals surface area contributed by atoms with Gasteiger partial charge in [0.05, 0.1) is 18.2 Å². The van der Waals surface area contributed by atoms with Crippen LogP contribution in [-0.4, -0.2) is 74.8 Å². The number of phenols is 1. The highest BCUT2D eigenvalue weighted by molar-refractivity contribution is 5.94. The van der Waals surface area contributed by atoms with Crippen LogP contribution in [0.4, 0.5) is 0 Å². The first-order chi connectivity index (χ1) is 30.2. The lowest BCUT2D eigenvalue weighted by Crippen LogP contribution is -2.41. The monoisotopic (exact) mass is 833 g/mol. The molecule has 0 bridgehead atoms. The second-order valence-electron chi connectivity index (χ2n) is 17.0. The van der Waals surface area contributed by atoms with Crippen LogP contribution in [0.1, 0.15) is 94.3 Å². The van der Waals surface area contributed by atoms with Gasteiger partial charge in [-0.3, -0.25) is 14.5 Å². The lowest BCUT2D eigenvalue weighted by atomic mass is 9.82. The fourth-order valence-corrected chi connectivity index (χ4v) is 9.17. The van der Waals surface area contributed by atoms with Crippen molar-refractivity contribution in [1.29, 1.82) is 0 Å². The van der Waals surface area contributed by atoms with E-state index in [0.29, 0.717) is 59.1 Å². The van der Waals surface area contributed by atoms with Crippen LogP contribution in [0.15, 0.2) is 138 Å². The molecule has 1 amide bonds. The van der Waals surface area contributed by atoms with Gasteiger partial charge in [-0.1, -0.05) is 103 Å². The number of aromatic amines is 1. The van der Waals surface area contributed by atoms with E-state index in [4.69, 9.17) is 4.74 Å². The number of pyridine rings is 1. The van der Waals surface area contributed by atoms with Gasteiger partial charge in [0.2, 0.25) is 11.2 Å². The predicted octanol–water partition coefficient (Wildman–Crippen LogP) is 8.00. The second kappa shape index (κ2) is 19.3. The first kappa shape index (κ1) is 42.6. The van der Waals surface area contributed by atoms with Gasteiger partial charge in [-0.2, -0.15) is 0 Å². The number of aryl methyl sites for hydroxylation is 1. The van der Waals surface area contributed by atoms with E-state index in [1.54, 1.807) is 30.3 Å². The number of carbonyl (C=O) groups excluding carboxylic acids is 2. The minimum Gasteiger partial charge on any atom is -0.506 e. The average Bonchev–Trinajstić information content (AvgIpc) is 3.32. The number of H-pyrrole nitrogens is 1. The van der Waals surface area contributed by atoms with E-state index >= 15 is 0 Å². The number of esters is 1. The predicted molar refractivity (Wildman–Crippen MR) is 240 cm³/mol. The average molecular weight is 834 g/mol. The SMILES string of the molecule is O=C(c1ccc(CCC[C@H](O)c2ccc(O)c3[nH]c(=O)ccc23)cc1)N1CCC(c2cccc([C@](O)(C(=O)OCC3CCN(Cc4ccccc4)CC3)c3ccccc3)c2)CC1. The summed E-state index contributed by atoms with van der Waals surface area (Å²) in [7, 11) is 0. The molecule has 5 aromatic carbocycles. The molecule has 0 aliphatic carbocycles. The number of ether oxygens (including phenoxy) is 1. The number of amides is 1. The number of aliphatic hydroxyl groups excluding tert-OH is 1. The maximum atomic E-state index is 14.0. The van der Waals surface area contributed by atoms with Crippen LogP contribution in [-0.2, 0) is 28.1 Å². The fraction of sp³-hybridized carbons (Fsp3) is 0.327. The van der Waals surface area contributed by atoms with Crippen molar-refractivity contribution in [2.45, 2.75) is 69.1 Å². The third-order valence-electron chi connectivity index (χ3n) is 12.9. The van der Waals surface area contributed by atoms with Gasteiger partial charge in [0.1, 0.15) is 5.75 Å². The Morgan fingerprint density at radius 3 is 2.18 bits per heavy atom. The Balaban J connectivity index is 0.844. The Morgan fingerprint density at radius 2 is 1.45 bits per heavy atom. The molecule has 3 heterocycles. The Hall–Kier alpha value is -6.07. The van der Waals surface area contributed by atoms with Crippen LogP contribution in [0.2, 0.25) is 0 Å². The van der Waals surface area contributed by atoms with Crippen molar-refractivity contribution in [2.24, 2.45) is 5.92 Å². The first-order valence-corrected chi connectivity index (χ1v) is 21.9. The third-order valence-corrected chi connectivity index (χ3v) is 12.9. The zero-order valence-corrected chi connectivity index (χ0v) is 35.0. The molecule has 320 valence electrons. The van der Waals surface area contributed by atoms with E-state index in [0.717, 1.165) is 62.9 Å². The van der Waals surface area contributed by atoms with E-state index < -0.39 is 17.7 Å². The Labute approximate surface area is 362 Å². The number of piperidine rings is 2. The first-order valence-electron chi connectivity index (χ1n) is 21.9. The summed E-state index contributed by atoms with van der Waals surface area (Å²) in [6, 6.07) is 41.0. The normalized spacial score (nSPS) is 16.8. The van der Waals surface area contributed by atoms with Gasteiger partial charge in [-0.25, -0.2) is 4.79 Å². The molecule has 6 aromatic rings. The highest BCUT2D eigenvalue weighted by atomic mass is 16.5. The lowest BCUT2D eigenvalue weighted by molar-refractivity contribution is -0.164. The zero-order valence-electron chi connectivity index (χ0n) is 35.0. The number of benzene rings is 5. The molecule has 10 nitrogen and oxygen atoms in total. The number of nitrogens with zero attached hydrogens (tertiary/aromatic N) is 2. The van der Waals surface area contributed by atoms with Gasteiger partial charge >= 0.3 is 5.97 Å². The third kappa shape index (κ3) is 9.68. The zero-order chi connectivity index (χ0) is 43.1. The Morgan fingerprint density at radius 1 is 0.758 bits per heavy atom. The highest BCUT2D eigenvalue weighted by Crippen LogP contribution is 2.36. The minimum absolute atomic E-state index is 0.0144. The number of hydrogen-bond acceptors (Lipinski definition) is 8. The van der Waals surface area contributed by atoms with Crippen molar-refractivity contribution in [2.75, 3.05) is 32.8 Å². The molecule has 2 fully saturated rings. The van der Waals surface area contributed by atoms with Crippen LogP contribution in [0.25, 0.3) is 10.9 Å². The molecule has 2 atom stereocenters. The number of nitrogens with one attached hydrogen (secondary N) is 1. The molecular weight excluding hydrogens is 779 g/mol. The van der Waals surface area contributed by atoms with Crippen molar-refractivity contribution >= 4 is 22.8 Å². The molecule has 2 aliphatic heterocycles. The van der Waals surface area contributed by atoms with Gasteiger partial charge in [-0.05, 0) is 128 Å². The minimum atomic E-state index is -1.97. The van der Waals surface area contributed by atoms with Gasteiger partial charge in [-0.15, -0.1) is 0 Å². The van der Waals surface area contributed by atoms with Crippen LogP contribution in [0.3, 0.4) is 0 Å². The van der Waals surface area contributed by atoms with Crippen LogP contribution >= 0.6 is 0 Å². The molecule has 8 rings (SSSR count). The number of phenolic OH excluding ortho intramolecular Hbond substituents is 1. The van der Waals surface area contributed by atoms with E-state index in [9.17, 15) is 29.7 Å². The summed E-state index contributed by atoms with van der Waals surface area (Å²) in [6.45, 7) is 4.21. The standard InChI is InChI=1S/C52H55N3O7/c56-46(44-21-23-47(57)49-45(44)22-24-48(58)53-49)16-7-11-36-17-19-40(20-18-36)50(59)55-31-27-39(28-32-55)41-12-8-15-43(33-41)52(61,42-13-5-2-6-14-42)51(60)62-35-38-25-29-54(30-26-38)34-37-9-3-1-4-10-37/h1-6,8-10,12-15,17-24,33,38-39,46,56-57,61H,7,11,16,25-32,34-35H2,(H,53,58)/t46-,52-/m0/s1. The van der Waals surface area contributed by atoms with E-state index in [-0.39, 0.29) is 35.7 Å². The molecule has 1 aromatic heterocycles. The van der Waals surface area contributed by atoms with Crippen LogP contribution < -0.4 is 5.56 Å². The topological polar surface area (TPSA) is 143 Å². The number of aliphatic hydroxyl groups is 2. The van der Waals surface area contributed by atoms with Gasteiger partial charge in [0, 0.05) is 36.7 Å². The number of carbonyl (C=O) groups is 2. The molecule has 2 saturated heterocycles. The summed E-state index contributed by atoms with van der Waals surface area (Å²) in [5, 5.41) is 34.1. The summed E-state index contributed by atoms with van der Waals surface area (Å²) in [4.78, 5) is 46.4. The van der Waals surface area contributed by atoms with Crippen molar-refractivity contribution in [3.63, 3.8) is 0 Å². The number of aromatic hydroxyl groups is 1. The highest BCUT2D eigenvalue weighted by Gasteiger charge is 2.42. The van der Waals surface area contributed by atoms with E-state index in [2.05, 4.69) is 34.1 Å². The quantitative estimate of drug-likeness (QED) is 0.0810. The molecule has 0 spiro atoms. The van der Waals surface area contributed by atoms with Gasteiger partial charge < -0.3 is 29.9 Å². The fourth-order valence-electron chi connectivity index (χ4n) is 9.17. The molecule has 10 heteroatoms. The maximum Gasteiger partial charge on any atom is 0.347 e. The maximum absolute atomic E-state index is 14.0. The van der Waals surface area contributed by atoms with E-state index in [1.165, 1.54) is 17.7 Å². The molecule has 62 heavy (non-hydrogen) atoms. The summed E-state index contributed by atoms with van der Waals surface area (Å²) in [6.07, 6.45) is 4.49. The smallest absolute Gasteiger partial charge is 0.347 e. The summed E-state index contributed by atoms with van der Waals surface area (Å²) >= 11 is 0.